The highest BCUT2D eigenvalue weighted by Gasteiger charge is 2.24. The molecule has 146 valence electrons. The molecule has 0 aromatic heterocycles. The van der Waals surface area contributed by atoms with Gasteiger partial charge in [-0.05, 0) is 36.8 Å². The Kier molecular flexibility index (Phi) is 6.34. The molecule has 0 bridgehead atoms. The molecule has 5 nitrogen and oxygen atoms in total. The third kappa shape index (κ3) is 4.42. The molecule has 0 N–H and O–H groups in total. The number of methoxy groups -OCH3 is 3. The van der Waals surface area contributed by atoms with E-state index in [2.05, 4.69) is 34.9 Å². The molecule has 1 fully saturated rings. The normalized spacial score (nSPS) is 17.7. The predicted octanol–water partition coefficient (Wildman–Crippen LogP) is 4.08. The van der Waals surface area contributed by atoms with E-state index in [4.69, 9.17) is 25.8 Å². The summed E-state index contributed by atoms with van der Waals surface area (Å²) in [5.41, 5.74) is 2.37. The van der Waals surface area contributed by atoms with Gasteiger partial charge in [0.2, 0.25) is 0 Å². The van der Waals surface area contributed by atoms with Gasteiger partial charge in [0.05, 0.1) is 26.4 Å². The van der Waals surface area contributed by atoms with Gasteiger partial charge < -0.3 is 19.1 Å². The van der Waals surface area contributed by atoms with Crippen LogP contribution >= 0.6 is 11.6 Å². The highest BCUT2D eigenvalue weighted by atomic mass is 35.5. The van der Waals surface area contributed by atoms with Crippen molar-refractivity contribution < 1.29 is 14.2 Å². The van der Waals surface area contributed by atoms with Crippen molar-refractivity contribution in [2.75, 3.05) is 45.9 Å². The summed E-state index contributed by atoms with van der Waals surface area (Å²) in [4.78, 5) is 4.87. The number of piperazine rings is 1. The summed E-state index contributed by atoms with van der Waals surface area (Å²) >= 11 is 6.15. The summed E-state index contributed by atoms with van der Waals surface area (Å²) in [7, 11) is 4.97. The van der Waals surface area contributed by atoms with E-state index in [-0.39, 0.29) is 0 Å². The smallest absolute Gasteiger partial charge is 0.161 e. The van der Waals surface area contributed by atoms with Crippen molar-refractivity contribution in [3.8, 4) is 17.2 Å². The van der Waals surface area contributed by atoms with Crippen LogP contribution in [0.25, 0.3) is 0 Å². The lowest BCUT2D eigenvalue weighted by atomic mass is 10.1. The molecule has 0 amide bonds. The van der Waals surface area contributed by atoms with Gasteiger partial charge in [0.1, 0.15) is 5.75 Å². The second-order valence-electron chi connectivity index (χ2n) is 6.77. The van der Waals surface area contributed by atoms with Crippen LogP contribution < -0.4 is 19.1 Å². The Morgan fingerprint density at radius 1 is 0.926 bits per heavy atom. The standard InChI is InChI=1S/C21H27ClN2O3/c1-15-13-24(17-6-7-18(22)20(12-17)26-3)10-9-23(15)14-16-5-8-19(25-2)21(11-16)27-4/h5-8,11-12,15H,9-10,13-14H2,1-4H3. The van der Waals surface area contributed by atoms with Gasteiger partial charge in [-0.3, -0.25) is 4.90 Å². The van der Waals surface area contributed by atoms with E-state index in [0.29, 0.717) is 11.1 Å². The number of nitrogens with zero attached hydrogens (tertiary/aromatic N) is 2. The molecule has 2 aromatic carbocycles. The second-order valence-corrected chi connectivity index (χ2v) is 7.18. The number of hydrogen-bond donors (Lipinski definition) is 0. The number of benzene rings is 2. The molecule has 1 atom stereocenters. The molecule has 3 rings (SSSR count). The van der Waals surface area contributed by atoms with Gasteiger partial charge >= 0.3 is 0 Å². The summed E-state index contributed by atoms with van der Waals surface area (Å²) in [6, 6.07) is 12.5. The molecule has 2 aromatic rings. The highest BCUT2D eigenvalue weighted by molar-refractivity contribution is 6.32. The van der Waals surface area contributed by atoms with Crippen molar-refractivity contribution in [1.29, 1.82) is 0 Å². The fraction of sp³-hybridized carbons (Fsp3) is 0.429. The van der Waals surface area contributed by atoms with Crippen LogP contribution in [0.2, 0.25) is 5.02 Å². The van der Waals surface area contributed by atoms with Crippen LogP contribution in [0.15, 0.2) is 36.4 Å². The minimum atomic E-state index is 0.425. The topological polar surface area (TPSA) is 34.2 Å². The Morgan fingerprint density at radius 2 is 1.67 bits per heavy atom. The van der Waals surface area contributed by atoms with E-state index in [1.807, 2.05) is 18.2 Å². The Labute approximate surface area is 166 Å². The summed E-state index contributed by atoms with van der Waals surface area (Å²) in [5, 5.41) is 0.640. The van der Waals surface area contributed by atoms with Crippen molar-refractivity contribution in [3.63, 3.8) is 0 Å². The Balaban J connectivity index is 1.67. The van der Waals surface area contributed by atoms with Crippen molar-refractivity contribution in [3.05, 3.63) is 47.0 Å². The fourth-order valence-electron chi connectivity index (χ4n) is 3.52. The van der Waals surface area contributed by atoms with Crippen molar-refractivity contribution in [1.82, 2.24) is 4.90 Å². The molecule has 1 unspecified atom stereocenters. The number of anilines is 1. The first kappa shape index (κ1) is 19.6. The first-order chi connectivity index (χ1) is 13.0. The lowest BCUT2D eigenvalue weighted by Gasteiger charge is -2.41. The van der Waals surface area contributed by atoms with E-state index in [9.17, 15) is 0 Å². The third-order valence-corrected chi connectivity index (χ3v) is 5.41. The van der Waals surface area contributed by atoms with Crippen LogP contribution in [-0.4, -0.2) is 51.9 Å². The second kappa shape index (κ2) is 8.72. The van der Waals surface area contributed by atoms with Crippen LogP contribution in [0.3, 0.4) is 0 Å². The number of rotatable bonds is 6. The van der Waals surface area contributed by atoms with E-state index in [1.54, 1.807) is 21.3 Å². The fourth-order valence-corrected chi connectivity index (χ4v) is 3.72. The summed E-state index contributed by atoms with van der Waals surface area (Å²) in [6.45, 7) is 6.06. The molecule has 6 heteroatoms. The van der Waals surface area contributed by atoms with Gasteiger partial charge in [0, 0.05) is 44.0 Å². The van der Waals surface area contributed by atoms with E-state index in [1.165, 1.54) is 5.56 Å². The summed E-state index contributed by atoms with van der Waals surface area (Å²) in [5.74, 6) is 2.25. The molecule has 1 heterocycles. The largest absolute Gasteiger partial charge is 0.495 e. The summed E-state index contributed by atoms with van der Waals surface area (Å²) < 4.78 is 16.1. The Morgan fingerprint density at radius 3 is 2.33 bits per heavy atom. The maximum atomic E-state index is 6.15. The Hall–Kier alpha value is -2.11. The molecule has 27 heavy (non-hydrogen) atoms. The van der Waals surface area contributed by atoms with Crippen molar-refractivity contribution in [2.45, 2.75) is 19.5 Å². The van der Waals surface area contributed by atoms with Gasteiger partial charge in [0.15, 0.2) is 11.5 Å². The van der Waals surface area contributed by atoms with Gasteiger partial charge in [-0.25, -0.2) is 0 Å². The number of hydrogen-bond acceptors (Lipinski definition) is 5. The zero-order chi connectivity index (χ0) is 19.4. The SMILES string of the molecule is COc1cc(N2CCN(Cc3ccc(OC)c(OC)c3)C(C)C2)ccc1Cl. The highest BCUT2D eigenvalue weighted by Crippen LogP contribution is 2.31. The minimum absolute atomic E-state index is 0.425. The molecule has 1 aliphatic heterocycles. The third-order valence-electron chi connectivity index (χ3n) is 5.10. The molecule has 1 saturated heterocycles. The van der Waals surface area contributed by atoms with Gasteiger partial charge in [-0.1, -0.05) is 17.7 Å². The molecular weight excluding hydrogens is 364 g/mol. The average molecular weight is 391 g/mol. The molecule has 0 spiro atoms. The Bertz CT molecular complexity index is 784. The molecule has 1 aliphatic rings. The molecular formula is C21H27ClN2O3. The van der Waals surface area contributed by atoms with Crippen molar-refractivity contribution in [2.24, 2.45) is 0 Å². The quantitative estimate of drug-likeness (QED) is 0.742. The lowest BCUT2D eigenvalue weighted by Crippen LogP contribution is -2.51. The lowest BCUT2D eigenvalue weighted by molar-refractivity contribution is 0.180. The van der Waals surface area contributed by atoms with Crippen LogP contribution in [0.1, 0.15) is 12.5 Å². The van der Waals surface area contributed by atoms with E-state index in [0.717, 1.165) is 49.1 Å². The van der Waals surface area contributed by atoms with Crippen molar-refractivity contribution >= 4 is 17.3 Å². The molecule has 0 aliphatic carbocycles. The average Bonchev–Trinajstić information content (AvgIpc) is 2.69. The van der Waals surface area contributed by atoms with Crippen LogP contribution in [0, 0.1) is 0 Å². The predicted molar refractivity (Wildman–Crippen MR) is 110 cm³/mol. The maximum Gasteiger partial charge on any atom is 0.161 e. The summed E-state index contributed by atoms with van der Waals surface area (Å²) in [6.07, 6.45) is 0. The van der Waals surface area contributed by atoms with E-state index < -0.39 is 0 Å². The van der Waals surface area contributed by atoms with Gasteiger partial charge in [-0.2, -0.15) is 0 Å². The zero-order valence-electron chi connectivity index (χ0n) is 16.4. The maximum absolute atomic E-state index is 6.15. The number of halogens is 1. The first-order valence-electron chi connectivity index (χ1n) is 9.09. The molecule has 0 saturated carbocycles. The van der Waals surface area contributed by atoms with E-state index >= 15 is 0 Å². The number of ether oxygens (including phenoxy) is 3. The van der Waals surface area contributed by atoms with Crippen LogP contribution in [0.5, 0.6) is 17.2 Å². The first-order valence-corrected chi connectivity index (χ1v) is 9.47. The molecule has 0 radical (unpaired) electrons. The zero-order valence-corrected chi connectivity index (χ0v) is 17.1. The van der Waals surface area contributed by atoms with Crippen LogP contribution in [-0.2, 0) is 6.54 Å². The van der Waals surface area contributed by atoms with Gasteiger partial charge in [-0.15, -0.1) is 0 Å². The van der Waals surface area contributed by atoms with Crippen LogP contribution in [0.4, 0.5) is 5.69 Å². The monoisotopic (exact) mass is 390 g/mol. The minimum Gasteiger partial charge on any atom is -0.495 e. The van der Waals surface area contributed by atoms with Gasteiger partial charge in [0.25, 0.3) is 0 Å².